The van der Waals surface area contributed by atoms with Crippen molar-refractivity contribution in [3.63, 3.8) is 0 Å². The first kappa shape index (κ1) is 16.7. The van der Waals surface area contributed by atoms with Gasteiger partial charge in [0.05, 0.1) is 30.2 Å². The predicted molar refractivity (Wildman–Crippen MR) is 73.1 cm³/mol. The SMILES string of the molecule is C=CC[C@@H]1O[C@H](C[C@H](O)CN)[C@H](OC)[C@H]1CS(=O)O. The van der Waals surface area contributed by atoms with Gasteiger partial charge in [0.15, 0.2) is 11.1 Å². The molecule has 0 aromatic carbocycles. The van der Waals surface area contributed by atoms with Gasteiger partial charge in [-0.25, -0.2) is 4.21 Å². The summed E-state index contributed by atoms with van der Waals surface area (Å²) in [7, 11) is 1.54. The van der Waals surface area contributed by atoms with E-state index in [0.717, 1.165) is 0 Å². The molecule has 1 unspecified atom stereocenters. The fourth-order valence-electron chi connectivity index (χ4n) is 2.53. The summed E-state index contributed by atoms with van der Waals surface area (Å²) in [5, 5.41) is 9.63. The lowest BCUT2D eigenvalue weighted by atomic mass is 9.94. The standard InChI is InChI=1S/C12H23NO5S/c1-3-4-10-9(7-19(15)16)12(17-2)11(18-10)5-8(14)6-13/h3,8-12,14H,1,4-7,13H2,2H3,(H,15,16)/t8-,9-,10-,11+,12+/m0/s1. The highest BCUT2D eigenvalue weighted by Crippen LogP contribution is 2.34. The fourth-order valence-corrected chi connectivity index (χ4v) is 3.27. The van der Waals surface area contributed by atoms with Crippen LogP contribution in [0.1, 0.15) is 12.8 Å². The van der Waals surface area contributed by atoms with Crippen molar-refractivity contribution in [3.8, 4) is 0 Å². The normalized spacial score (nSPS) is 34.1. The van der Waals surface area contributed by atoms with Crippen molar-refractivity contribution in [3.05, 3.63) is 12.7 Å². The van der Waals surface area contributed by atoms with E-state index in [-0.39, 0.29) is 36.5 Å². The Hall–Kier alpha value is -0.310. The van der Waals surface area contributed by atoms with Gasteiger partial charge in [0.25, 0.3) is 0 Å². The summed E-state index contributed by atoms with van der Waals surface area (Å²) in [6.45, 7) is 3.81. The fraction of sp³-hybridized carbons (Fsp3) is 0.833. The molecule has 0 aliphatic carbocycles. The second-order valence-electron chi connectivity index (χ2n) is 4.71. The van der Waals surface area contributed by atoms with Gasteiger partial charge < -0.3 is 24.9 Å². The van der Waals surface area contributed by atoms with E-state index in [4.69, 9.17) is 19.8 Å². The highest BCUT2D eigenvalue weighted by Gasteiger charge is 2.45. The first-order valence-electron chi connectivity index (χ1n) is 6.28. The zero-order chi connectivity index (χ0) is 14.4. The Bertz CT molecular complexity index is 314. The molecule has 1 aliphatic heterocycles. The minimum absolute atomic E-state index is 0.0895. The van der Waals surface area contributed by atoms with Gasteiger partial charge >= 0.3 is 0 Å². The molecule has 1 heterocycles. The Morgan fingerprint density at radius 3 is 2.74 bits per heavy atom. The molecule has 1 fully saturated rings. The summed E-state index contributed by atoms with van der Waals surface area (Å²) in [6.07, 6.45) is 1.14. The number of rotatable bonds is 8. The van der Waals surface area contributed by atoms with E-state index in [1.165, 1.54) is 0 Å². The lowest BCUT2D eigenvalue weighted by Gasteiger charge is -2.22. The van der Waals surface area contributed by atoms with Gasteiger partial charge in [-0.2, -0.15) is 0 Å². The molecule has 19 heavy (non-hydrogen) atoms. The quantitative estimate of drug-likeness (QED) is 0.426. The van der Waals surface area contributed by atoms with Crippen molar-refractivity contribution >= 4 is 11.1 Å². The first-order valence-corrected chi connectivity index (χ1v) is 7.55. The zero-order valence-electron chi connectivity index (χ0n) is 11.1. The van der Waals surface area contributed by atoms with Crippen LogP contribution >= 0.6 is 0 Å². The number of methoxy groups -OCH3 is 1. The largest absolute Gasteiger partial charge is 0.392 e. The highest BCUT2D eigenvalue weighted by atomic mass is 32.2. The van der Waals surface area contributed by atoms with Crippen LogP contribution in [0, 0.1) is 5.92 Å². The molecule has 1 rings (SSSR count). The summed E-state index contributed by atoms with van der Waals surface area (Å²) in [6, 6.07) is 0. The van der Waals surface area contributed by atoms with Crippen LogP contribution in [-0.4, -0.2) is 57.7 Å². The average molecular weight is 293 g/mol. The number of nitrogens with two attached hydrogens (primary N) is 1. The lowest BCUT2D eigenvalue weighted by molar-refractivity contribution is -0.0294. The molecule has 6 nitrogen and oxygen atoms in total. The van der Waals surface area contributed by atoms with Crippen molar-refractivity contribution < 1.29 is 23.3 Å². The van der Waals surface area contributed by atoms with Crippen LogP contribution in [0.25, 0.3) is 0 Å². The summed E-state index contributed by atoms with van der Waals surface area (Å²) in [4.78, 5) is 0. The summed E-state index contributed by atoms with van der Waals surface area (Å²) < 4.78 is 31.4. The molecule has 6 atom stereocenters. The predicted octanol–water partition coefficient (Wildman–Crippen LogP) is -0.107. The van der Waals surface area contributed by atoms with Crippen LogP contribution in [0.4, 0.5) is 0 Å². The Balaban J connectivity index is 2.78. The number of ether oxygens (including phenoxy) is 2. The van der Waals surface area contributed by atoms with Gasteiger partial charge in [-0.05, 0) is 6.42 Å². The number of aliphatic hydroxyl groups is 1. The number of aliphatic hydroxyl groups excluding tert-OH is 1. The smallest absolute Gasteiger partial charge is 0.153 e. The van der Waals surface area contributed by atoms with E-state index in [1.807, 2.05) is 0 Å². The minimum Gasteiger partial charge on any atom is -0.392 e. The molecule has 4 N–H and O–H groups in total. The summed E-state index contributed by atoms with van der Waals surface area (Å²) in [5.74, 6) is -0.101. The first-order chi connectivity index (χ1) is 9.03. The molecule has 1 aliphatic rings. The Labute approximate surface area is 116 Å². The summed E-state index contributed by atoms with van der Waals surface area (Å²) in [5.41, 5.74) is 5.39. The van der Waals surface area contributed by atoms with Crippen LogP contribution in [-0.2, 0) is 20.6 Å². The van der Waals surface area contributed by atoms with Crippen LogP contribution in [0.2, 0.25) is 0 Å². The van der Waals surface area contributed by atoms with Gasteiger partial charge in [-0.3, -0.25) is 0 Å². The lowest BCUT2D eigenvalue weighted by Crippen LogP contribution is -2.36. The third-order valence-corrected chi connectivity index (χ3v) is 4.07. The number of hydrogen-bond donors (Lipinski definition) is 3. The molecule has 0 saturated carbocycles. The molecule has 0 aromatic heterocycles. The molecular weight excluding hydrogens is 270 g/mol. The van der Waals surface area contributed by atoms with E-state index < -0.39 is 17.2 Å². The molecule has 1 saturated heterocycles. The zero-order valence-corrected chi connectivity index (χ0v) is 11.9. The summed E-state index contributed by atoms with van der Waals surface area (Å²) >= 11 is -1.91. The van der Waals surface area contributed by atoms with Gasteiger partial charge in [0.1, 0.15) is 0 Å². The number of hydrogen-bond acceptors (Lipinski definition) is 5. The van der Waals surface area contributed by atoms with Crippen LogP contribution in [0.15, 0.2) is 12.7 Å². The van der Waals surface area contributed by atoms with Crippen LogP contribution in [0.5, 0.6) is 0 Å². The molecule has 0 spiro atoms. The molecule has 7 heteroatoms. The second-order valence-corrected chi connectivity index (χ2v) is 5.69. The maximum Gasteiger partial charge on any atom is 0.153 e. The monoisotopic (exact) mass is 293 g/mol. The van der Waals surface area contributed by atoms with E-state index >= 15 is 0 Å². The van der Waals surface area contributed by atoms with E-state index in [9.17, 15) is 9.32 Å². The maximum atomic E-state index is 11.1. The molecule has 0 aromatic rings. The maximum absolute atomic E-state index is 11.1. The van der Waals surface area contributed by atoms with Crippen molar-refractivity contribution in [1.29, 1.82) is 0 Å². The van der Waals surface area contributed by atoms with Crippen molar-refractivity contribution in [2.24, 2.45) is 11.7 Å². The van der Waals surface area contributed by atoms with Crippen LogP contribution in [0.3, 0.4) is 0 Å². The van der Waals surface area contributed by atoms with E-state index in [0.29, 0.717) is 12.8 Å². The third-order valence-electron chi connectivity index (χ3n) is 3.40. The minimum atomic E-state index is -1.91. The molecule has 112 valence electrons. The Morgan fingerprint density at radius 1 is 1.58 bits per heavy atom. The van der Waals surface area contributed by atoms with Gasteiger partial charge in [-0.1, -0.05) is 6.08 Å². The molecule has 0 radical (unpaired) electrons. The second kappa shape index (κ2) is 8.08. The average Bonchev–Trinajstić information content (AvgIpc) is 2.66. The molecular formula is C12H23NO5S. The Kier molecular flexibility index (Phi) is 7.12. The topological polar surface area (TPSA) is 102 Å². The van der Waals surface area contributed by atoms with Gasteiger partial charge in [-0.15, -0.1) is 6.58 Å². The molecule has 0 bridgehead atoms. The highest BCUT2D eigenvalue weighted by molar-refractivity contribution is 7.79. The van der Waals surface area contributed by atoms with Crippen molar-refractivity contribution in [2.75, 3.05) is 19.4 Å². The Morgan fingerprint density at radius 2 is 2.26 bits per heavy atom. The van der Waals surface area contributed by atoms with E-state index in [1.54, 1.807) is 13.2 Å². The third kappa shape index (κ3) is 4.62. The van der Waals surface area contributed by atoms with Crippen molar-refractivity contribution in [2.45, 2.75) is 37.3 Å². The van der Waals surface area contributed by atoms with Crippen molar-refractivity contribution in [1.82, 2.24) is 0 Å². The van der Waals surface area contributed by atoms with E-state index in [2.05, 4.69) is 6.58 Å². The van der Waals surface area contributed by atoms with Crippen LogP contribution < -0.4 is 5.73 Å². The van der Waals surface area contributed by atoms with Gasteiger partial charge in [0, 0.05) is 26.0 Å². The molecule has 0 amide bonds. The van der Waals surface area contributed by atoms with Gasteiger partial charge in [0.2, 0.25) is 0 Å².